The van der Waals surface area contributed by atoms with Crippen LogP contribution in [0, 0.1) is 12.8 Å². The average Bonchev–Trinajstić information content (AvgIpc) is 3.64. The van der Waals surface area contributed by atoms with E-state index in [2.05, 4.69) is 23.7 Å². The molecule has 2 aromatic carbocycles. The van der Waals surface area contributed by atoms with E-state index in [-0.39, 0.29) is 12.0 Å². The summed E-state index contributed by atoms with van der Waals surface area (Å²) in [4.78, 5) is 26.7. The Morgan fingerprint density at radius 3 is 2.84 bits per heavy atom. The number of carbonyl (C=O) groups is 1. The number of para-hydroxylation sites is 1. The standard InChI is InChI=1S/C35H42ClN5O4/c1-23-8-6-16-40(21-23)32(42)11-7-18-43-19-15-31-38-33-28-9-4-5-10-30(28)45-34(33)35(39-31)41-17-14-27(22-41)44-25(3)37-29-13-12-26(36)20-24(29)2/h4-5,9-10,12-13,20,23,27,37H,3,6-8,11,14-19,21-22H2,1-2H3/t23?,27-/m0/s1. The van der Waals surface area contributed by atoms with Crippen molar-refractivity contribution < 1.29 is 18.7 Å². The molecule has 1 unspecified atom stereocenters. The SMILES string of the molecule is C=C(Nc1ccc(Cl)cc1C)O[C@H]1CCN(c2nc(CCOCCCC(=O)N3CCCC(C)C3)nc3c2oc2ccccc23)C1. The van der Waals surface area contributed by atoms with Crippen molar-refractivity contribution in [3.8, 4) is 0 Å². The number of furan rings is 1. The number of nitrogens with zero attached hydrogens (tertiary/aromatic N) is 4. The molecule has 0 bridgehead atoms. The van der Waals surface area contributed by atoms with Crippen LogP contribution in [0.1, 0.15) is 50.4 Å². The van der Waals surface area contributed by atoms with Gasteiger partial charge in [-0.1, -0.05) is 30.7 Å². The minimum Gasteiger partial charge on any atom is -0.474 e. The van der Waals surface area contributed by atoms with Crippen molar-refractivity contribution in [2.75, 3.05) is 49.6 Å². The number of hydrogen-bond acceptors (Lipinski definition) is 8. The van der Waals surface area contributed by atoms with Gasteiger partial charge in [-0.3, -0.25) is 4.79 Å². The number of carbonyl (C=O) groups excluding carboxylic acids is 1. The first-order chi connectivity index (χ1) is 21.8. The third-order valence-corrected chi connectivity index (χ3v) is 8.86. The number of likely N-dealkylation sites (tertiary alicyclic amines) is 1. The van der Waals surface area contributed by atoms with Gasteiger partial charge in [0.25, 0.3) is 0 Å². The molecule has 9 nitrogen and oxygen atoms in total. The molecule has 0 saturated carbocycles. The third-order valence-electron chi connectivity index (χ3n) is 8.62. The summed E-state index contributed by atoms with van der Waals surface area (Å²) in [5.74, 6) is 2.80. The van der Waals surface area contributed by atoms with Gasteiger partial charge in [0.1, 0.15) is 23.0 Å². The quantitative estimate of drug-likeness (QED) is 0.131. The zero-order chi connectivity index (χ0) is 31.3. The number of amides is 1. The summed E-state index contributed by atoms with van der Waals surface area (Å²) < 4.78 is 18.4. The van der Waals surface area contributed by atoms with E-state index in [0.717, 1.165) is 66.0 Å². The van der Waals surface area contributed by atoms with Crippen LogP contribution < -0.4 is 10.2 Å². The fraction of sp³-hybridized carbons (Fsp3) is 0.457. The van der Waals surface area contributed by atoms with Crippen LogP contribution in [0.4, 0.5) is 11.5 Å². The number of hydrogen-bond donors (Lipinski definition) is 1. The summed E-state index contributed by atoms with van der Waals surface area (Å²) in [6.45, 7) is 12.5. The van der Waals surface area contributed by atoms with Gasteiger partial charge >= 0.3 is 0 Å². The van der Waals surface area contributed by atoms with Crippen LogP contribution in [0.2, 0.25) is 5.02 Å². The van der Waals surface area contributed by atoms with Crippen LogP contribution in [0.5, 0.6) is 0 Å². The number of nitrogens with one attached hydrogen (secondary N) is 1. The van der Waals surface area contributed by atoms with Gasteiger partial charge in [-0.2, -0.15) is 0 Å². The van der Waals surface area contributed by atoms with Crippen molar-refractivity contribution in [1.29, 1.82) is 0 Å². The minimum absolute atomic E-state index is 0.0605. The van der Waals surface area contributed by atoms with Gasteiger partial charge in [0.2, 0.25) is 5.91 Å². The number of fused-ring (bicyclic) bond motifs is 3. The van der Waals surface area contributed by atoms with Crippen LogP contribution in [-0.2, 0) is 20.7 Å². The van der Waals surface area contributed by atoms with Crippen molar-refractivity contribution in [2.24, 2.45) is 5.92 Å². The number of anilines is 2. The normalized spacial score (nSPS) is 18.6. The van der Waals surface area contributed by atoms with Gasteiger partial charge < -0.3 is 29.0 Å². The lowest BCUT2D eigenvalue weighted by molar-refractivity contribution is -0.133. The molecule has 2 fully saturated rings. The number of ether oxygens (including phenoxy) is 2. The highest BCUT2D eigenvalue weighted by molar-refractivity contribution is 6.30. The monoisotopic (exact) mass is 631 g/mol. The molecule has 0 radical (unpaired) electrons. The van der Waals surface area contributed by atoms with Crippen molar-refractivity contribution in [3.05, 3.63) is 71.3 Å². The van der Waals surface area contributed by atoms with Crippen molar-refractivity contribution in [2.45, 2.75) is 58.5 Å². The number of rotatable bonds is 12. The lowest BCUT2D eigenvalue weighted by Crippen LogP contribution is -2.39. The van der Waals surface area contributed by atoms with Crippen LogP contribution in [0.25, 0.3) is 22.1 Å². The molecule has 0 spiro atoms. The van der Waals surface area contributed by atoms with Gasteiger partial charge in [0.15, 0.2) is 17.3 Å². The fourth-order valence-corrected chi connectivity index (χ4v) is 6.50. The number of piperidine rings is 1. The molecule has 10 heteroatoms. The van der Waals surface area contributed by atoms with E-state index in [1.165, 1.54) is 6.42 Å². The number of aromatic nitrogens is 2. The van der Waals surface area contributed by atoms with E-state index in [9.17, 15) is 4.79 Å². The van der Waals surface area contributed by atoms with E-state index >= 15 is 0 Å². The van der Waals surface area contributed by atoms with E-state index in [1.807, 2.05) is 54.3 Å². The Hall–Kier alpha value is -3.82. The van der Waals surface area contributed by atoms with Crippen LogP contribution in [0.15, 0.2) is 59.3 Å². The second-order valence-corrected chi connectivity index (χ2v) is 12.7. The molecule has 2 saturated heterocycles. The fourth-order valence-electron chi connectivity index (χ4n) is 6.28. The third kappa shape index (κ3) is 7.53. The Morgan fingerprint density at radius 2 is 2.00 bits per heavy atom. The summed E-state index contributed by atoms with van der Waals surface area (Å²) >= 11 is 6.11. The Bertz CT molecular complexity index is 1670. The zero-order valence-corrected chi connectivity index (χ0v) is 26.9. The lowest BCUT2D eigenvalue weighted by Gasteiger charge is -2.31. The molecule has 1 amide bonds. The van der Waals surface area contributed by atoms with Gasteiger partial charge in [-0.15, -0.1) is 0 Å². The zero-order valence-electron chi connectivity index (χ0n) is 26.2. The Balaban J connectivity index is 1.08. The van der Waals surface area contributed by atoms with Crippen LogP contribution >= 0.6 is 11.6 Å². The molecule has 4 aromatic rings. The number of aryl methyl sites for hydroxylation is 1. The Morgan fingerprint density at radius 1 is 1.13 bits per heavy atom. The second-order valence-electron chi connectivity index (χ2n) is 12.3. The molecular weight excluding hydrogens is 590 g/mol. The number of benzene rings is 2. The highest BCUT2D eigenvalue weighted by Crippen LogP contribution is 2.35. The Kier molecular flexibility index (Phi) is 9.76. The topological polar surface area (TPSA) is 93.0 Å². The molecule has 2 aromatic heterocycles. The molecule has 4 heterocycles. The minimum atomic E-state index is -0.0605. The summed E-state index contributed by atoms with van der Waals surface area (Å²) in [7, 11) is 0. The molecule has 2 atom stereocenters. The number of halogens is 1. The molecule has 45 heavy (non-hydrogen) atoms. The van der Waals surface area contributed by atoms with Gasteiger partial charge in [-0.25, -0.2) is 9.97 Å². The van der Waals surface area contributed by atoms with E-state index in [4.69, 9.17) is 35.5 Å². The van der Waals surface area contributed by atoms with Crippen LogP contribution in [0.3, 0.4) is 0 Å². The second kappa shape index (κ2) is 14.1. The molecule has 238 valence electrons. The molecule has 6 rings (SSSR count). The maximum absolute atomic E-state index is 12.6. The van der Waals surface area contributed by atoms with E-state index in [1.54, 1.807) is 0 Å². The smallest absolute Gasteiger partial charge is 0.222 e. The van der Waals surface area contributed by atoms with E-state index in [0.29, 0.717) is 67.3 Å². The average molecular weight is 632 g/mol. The van der Waals surface area contributed by atoms with Crippen molar-refractivity contribution in [1.82, 2.24) is 14.9 Å². The van der Waals surface area contributed by atoms with Gasteiger partial charge in [-0.05, 0) is 74.6 Å². The molecule has 0 aliphatic carbocycles. The Labute approximate surface area is 269 Å². The maximum atomic E-state index is 12.6. The highest BCUT2D eigenvalue weighted by atomic mass is 35.5. The summed E-state index contributed by atoms with van der Waals surface area (Å²) in [5, 5.41) is 4.92. The summed E-state index contributed by atoms with van der Waals surface area (Å²) in [6, 6.07) is 13.6. The highest BCUT2D eigenvalue weighted by Gasteiger charge is 2.29. The first-order valence-corrected chi connectivity index (χ1v) is 16.4. The summed E-state index contributed by atoms with van der Waals surface area (Å²) in [6.07, 6.45) is 4.88. The first-order valence-electron chi connectivity index (χ1n) is 16.0. The van der Waals surface area contributed by atoms with Crippen molar-refractivity contribution in [3.63, 3.8) is 0 Å². The van der Waals surface area contributed by atoms with Gasteiger partial charge in [0, 0.05) is 61.6 Å². The molecule has 2 aliphatic heterocycles. The predicted molar refractivity (Wildman–Crippen MR) is 179 cm³/mol. The van der Waals surface area contributed by atoms with Crippen LogP contribution in [-0.4, -0.2) is 66.3 Å². The van der Waals surface area contributed by atoms with Gasteiger partial charge in [0.05, 0.1) is 13.2 Å². The summed E-state index contributed by atoms with van der Waals surface area (Å²) in [5.41, 5.74) is 4.20. The first kappa shape index (κ1) is 31.2. The maximum Gasteiger partial charge on any atom is 0.222 e. The molecular formula is C35H42ClN5O4. The lowest BCUT2D eigenvalue weighted by atomic mass is 10.00. The molecule has 2 aliphatic rings. The molecule has 1 N–H and O–H groups in total. The largest absolute Gasteiger partial charge is 0.474 e. The predicted octanol–water partition coefficient (Wildman–Crippen LogP) is 7.11. The van der Waals surface area contributed by atoms with Crippen molar-refractivity contribution >= 4 is 51.1 Å². The van der Waals surface area contributed by atoms with E-state index < -0.39 is 0 Å².